The van der Waals surface area contributed by atoms with Crippen molar-refractivity contribution in [1.29, 1.82) is 0 Å². The second-order valence-corrected chi connectivity index (χ2v) is 4.70. The predicted octanol–water partition coefficient (Wildman–Crippen LogP) is 2.66. The maximum Gasteiger partial charge on any atom is 0.0954 e. The lowest BCUT2D eigenvalue weighted by molar-refractivity contribution is 0.558. The summed E-state index contributed by atoms with van der Waals surface area (Å²) in [5.74, 6) is 0. The van der Waals surface area contributed by atoms with Crippen LogP contribution in [0.2, 0.25) is 0 Å². The molecular weight excluding hydrogens is 208 g/mol. The minimum atomic E-state index is 0.190. The SMILES string of the molecule is CNC(c1ccoc1)c1sc(C)nc1C. The van der Waals surface area contributed by atoms with E-state index < -0.39 is 0 Å². The third-order valence-electron chi connectivity index (χ3n) is 2.37. The summed E-state index contributed by atoms with van der Waals surface area (Å²) in [4.78, 5) is 5.70. The van der Waals surface area contributed by atoms with Crippen LogP contribution in [0.3, 0.4) is 0 Å². The van der Waals surface area contributed by atoms with Crippen LogP contribution in [0.1, 0.15) is 27.2 Å². The Morgan fingerprint density at radius 1 is 1.47 bits per heavy atom. The second-order valence-electron chi connectivity index (χ2n) is 3.46. The Balaban J connectivity index is 2.39. The van der Waals surface area contributed by atoms with Gasteiger partial charge in [0.1, 0.15) is 0 Å². The summed E-state index contributed by atoms with van der Waals surface area (Å²) in [6, 6.07) is 2.17. The van der Waals surface area contributed by atoms with Gasteiger partial charge in [-0.05, 0) is 27.0 Å². The topological polar surface area (TPSA) is 38.1 Å². The molecule has 0 bridgehead atoms. The molecule has 2 rings (SSSR count). The monoisotopic (exact) mass is 222 g/mol. The van der Waals surface area contributed by atoms with E-state index in [9.17, 15) is 0 Å². The van der Waals surface area contributed by atoms with Gasteiger partial charge in [0, 0.05) is 10.4 Å². The lowest BCUT2D eigenvalue weighted by Crippen LogP contribution is -2.16. The molecule has 3 nitrogen and oxygen atoms in total. The molecule has 0 fully saturated rings. The van der Waals surface area contributed by atoms with E-state index >= 15 is 0 Å². The Kier molecular flexibility index (Phi) is 2.88. The quantitative estimate of drug-likeness (QED) is 0.867. The van der Waals surface area contributed by atoms with Crippen molar-refractivity contribution in [2.75, 3.05) is 7.05 Å². The van der Waals surface area contributed by atoms with Crippen molar-refractivity contribution >= 4 is 11.3 Å². The van der Waals surface area contributed by atoms with Gasteiger partial charge in [-0.1, -0.05) is 0 Å². The lowest BCUT2D eigenvalue weighted by Gasteiger charge is -2.12. The number of furan rings is 1. The zero-order valence-corrected chi connectivity index (χ0v) is 9.89. The summed E-state index contributed by atoms with van der Waals surface area (Å²) >= 11 is 1.73. The van der Waals surface area contributed by atoms with Crippen molar-refractivity contribution in [1.82, 2.24) is 10.3 Å². The summed E-state index contributed by atoms with van der Waals surface area (Å²) in [7, 11) is 1.95. The predicted molar refractivity (Wildman–Crippen MR) is 61.2 cm³/mol. The number of aromatic nitrogens is 1. The lowest BCUT2D eigenvalue weighted by atomic mass is 10.1. The fourth-order valence-corrected chi connectivity index (χ4v) is 2.77. The molecule has 15 heavy (non-hydrogen) atoms. The first-order valence-electron chi connectivity index (χ1n) is 4.85. The largest absolute Gasteiger partial charge is 0.472 e. The molecule has 2 aromatic rings. The smallest absolute Gasteiger partial charge is 0.0954 e. The summed E-state index contributed by atoms with van der Waals surface area (Å²) in [5.41, 5.74) is 2.24. The second kappa shape index (κ2) is 4.16. The van der Waals surface area contributed by atoms with Gasteiger partial charge < -0.3 is 9.73 Å². The fraction of sp³-hybridized carbons (Fsp3) is 0.364. The van der Waals surface area contributed by atoms with Gasteiger partial charge in [-0.3, -0.25) is 0 Å². The first-order chi connectivity index (χ1) is 7.22. The van der Waals surface area contributed by atoms with Crippen LogP contribution >= 0.6 is 11.3 Å². The van der Waals surface area contributed by atoms with Crippen LogP contribution in [-0.4, -0.2) is 12.0 Å². The molecule has 0 aliphatic heterocycles. The number of rotatable bonds is 3. The van der Waals surface area contributed by atoms with Crippen LogP contribution in [-0.2, 0) is 0 Å². The summed E-state index contributed by atoms with van der Waals surface area (Å²) in [6.07, 6.45) is 3.47. The van der Waals surface area contributed by atoms with Crippen LogP contribution in [0.5, 0.6) is 0 Å². The highest BCUT2D eigenvalue weighted by atomic mass is 32.1. The van der Waals surface area contributed by atoms with Gasteiger partial charge in [0.25, 0.3) is 0 Å². The van der Waals surface area contributed by atoms with Crippen molar-refractivity contribution in [3.63, 3.8) is 0 Å². The number of nitrogens with one attached hydrogen (secondary N) is 1. The van der Waals surface area contributed by atoms with Gasteiger partial charge in [0.15, 0.2) is 0 Å². The van der Waals surface area contributed by atoms with Crippen LogP contribution in [0.15, 0.2) is 23.0 Å². The number of nitrogens with zero attached hydrogens (tertiary/aromatic N) is 1. The molecule has 0 spiro atoms. The molecule has 1 atom stereocenters. The Morgan fingerprint density at radius 2 is 2.27 bits per heavy atom. The van der Waals surface area contributed by atoms with Crippen molar-refractivity contribution in [3.8, 4) is 0 Å². The van der Waals surface area contributed by atoms with Crippen molar-refractivity contribution in [3.05, 3.63) is 39.7 Å². The summed E-state index contributed by atoms with van der Waals surface area (Å²) < 4.78 is 5.11. The number of hydrogen-bond acceptors (Lipinski definition) is 4. The van der Waals surface area contributed by atoms with Gasteiger partial charge in [-0.15, -0.1) is 11.3 Å². The van der Waals surface area contributed by atoms with E-state index in [0.29, 0.717) is 0 Å². The Bertz CT molecular complexity index is 433. The van der Waals surface area contributed by atoms with Gasteiger partial charge in [-0.2, -0.15) is 0 Å². The number of aryl methyl sites for hydroxylation is 2. The zero-order chi connectivity index (χ0) is 10.8. The van der Waals surface area contributed by atoms with E-state index in [2.05, 4.69) is 10.3 Å². The third-order valence-corrected chi connectivity index (χ3v) is 3.50. The third kappa shape index (κ3) is 1.96. The van der Waals surface area contributed by atoms with Gasteiger partial charge >= 0.3 is 0 Å². The van der Waals surface area contributed by atoms with E-state index in [1.165, 1.54) is 4.88 Å². The van der Waals surface area contributed by atoms with E-state index in [4.69, 9.17) is 4.42 Å². The fourth-order valence-electron chi connectivity index (χ4n) is 1.70. The maximum absolute atomic E-state index is 5.11. The number of thiazole rings is 1. The summed E-state index contributed by atoms with van der Waals surface area (Å²) in [5, 5.41) is 4.39. The molecule has 0 aromatic carbocycles. The Hall–Kier alpha value is -1.13. The van der Waals surface area contributed by atoms with E-state index in [1.54, 1.807) is 23.9 Å². The van der Waals surface area contributed by atoms with Gasteiger partial charge in [-0.25, -0.2) is 4.98 Å². The molecule has 2 aromatic heterocycles. The molecule has 0 aliphatic carbocycles. The molecule has 1 N–H and O–H groups in total. The maximum atomic E-state index is 5.11. The Morgan fingerprint density at radius 3 is 2.73 bits per heavy atom. The molecule has 2 heterocycles. The highest BCUT2D eigenvalue weighted by molar-refractivity contribution is 7.11. The van der Waals surface area contributed by atoms with E-state index in [0.717, 1.165) is 16.3 Å². The van der Waals surface area contributed by atoms with Crippen molar-refractivity contribution in [2.24, 2.45) is 0 Å². The zero-order valence-electron chi connectivity index (χ0n) is 9.07. The normalized spacial score (nSPS) is 13.0. The van der Waals surface area contributed by atoms with Crippen LogP contribution in [0, 0.1) is 13.8 Å². The van der Waals surface area contributed by atoms with Crippen LogP contribution < -0.4 is 5.32 Å². The molecule has 0 saturated heterocycles. The van der Waals surface area contributed by atoms with E-state index in [-0.39, 0.29) is 6.04 Å². The van der Waals surface area contributed by atoms with Crippen molar-refractivity contribution < 1.29 is 4.42 Å². The highest BCUT2D eigenvalue weighted by Gasteiger charge is 2.18. The first-order valence-corrected chi connectivity index (χ1v) is 5.67. The molecule has 0 amide bonds. The molecule has 1 unspecified atom stereocenters. The number of hydrogen-bond donors (Lipinski definition) is 1. The summed E-state index contributed by atoms with van der Waals surface area (Å²) in [6.45, 7) is 4.08. The van der Waals surface area contributed by atoms with Crippen LogP contribution in [0.4, 0.5) is 0 Å². The molecule has 80 valence electrons. The average Bonchev–Trinajstić information content (AvgIpc) is 2.79. The van der Waals surface area contributed by atoms with Crippen LogP contribution in [0.25, 0.3) is 0 Å². The Labute approximate surface area is 93.2 Å². The molecular formula is C11H14N2OS. The molecule has 0 aliphatic rings. The minimum absolute atomic E-state index is 0.190. The average molecular weight is 222 g/mol. The molecule has 4 heteroatoms. The van der Waals surface area contributed by atoms with Gasteiger partial charge in [0.2, 0.25) is 0 Å². The standard InChI is InChI=1S/C11H14N2OS/c1-7-11(15-8(2)13-7)10(12-3)9-4-5-14-6-9/h4-6,10,12H,1-3H3. The van der Waals surface area contributed by atoms with Gasteiger partial charge in [0.05, 0.1) is 29.3 Å². The minimum Gasteiger partial charge on any atom is -0.472 e. The van der Waals surface area contributed by atoms with E-state index in [1.807, 2.05) is 27.0 Å². The first kappa shape index (κ1) is 10.4. The van der Waals surface area contributed by atoms with Crippen molar-refractivity contribution in [2.45, 2.75) is 19.9 Å². The molecule has 0 radical (unpaired) electrons. The molecule has 0 saturated carbocycles. The highest BCUT2D eigenvalue weighted by Crippen LogP contribution is 2.29.